The summed E-state index contributed by atoms with van der Waals surface area (Å²) in [5.74, 6) is 1.36. The topological polar surface area (TPSA) is 21.3 Å². The lowest BCUT2D eigenvalue weighted by molar-refractivity contribution is 0.176. The van der Waals surface area contributed by atoms with Crippen molar-refractivity contribution >= 4 is 0 Å². The van der Waals surface area contributed by atoms with Gasteiger partial charge in [0.2, 0.25) is 0 Å². The summed E-state index contributed by atoms with van der Waals surface area (Å²) in [5.41, 5.74) is 2.78. The molecule has 0 radical (unpaired) electrons. The molecule has 0 aliphatic carbocycles. The Labute approximate surface area is 118 Å². The van der Waals surface area contributed by atoms with Crippen molar-refractivity contribution in [2.24, 2.45) is 11.8 Å². The molecule has 0 saturated carbocycles. The number of hydrogen-bond acceptors (Lipinski definition) is 2. The molecule has 108 valence electrons. The minimum Gasteiger partial charge on any atom is -0.385 e. The second-order valence-corrected chi connectivity index (χ2v) is 5.89. The van der Waals surface area contributed by atoms with E-state index in [1.807, 2.05) is 0 Å². The zero-order chi connectivity index (χ0) is 14.1. The first-order valence-electron chi connectivity index (χ1n) is 7.37. The highest BCUT2D eigenvalue weighted by Crippen LogP contribution is 2.13. The molecule has 0 heterocycles. The van der Waals surface area contributed by atoms with Crippen LogP contribution >= 0.6 is 0 Å². The van der Waals surface area contributed by atoms with Crippen LogP contribution in [0.25, 0.3) is 0 Å². The van der Waals surface area contributed by atoms with Gasteiger partial charge >= 0.3 is 0 Å². The van der Waals surface area contributed by atoms with E-state index in [0.717, 1.165) is 32.5 Å². The SMILES string of the molecule is COCCC(CNCC(C)C)Cc1cccc(C)c1. The Morgan fingerprint density at radius 1 is 1.21 bits per heavy atom. The summed E-state index contributed by atoms with van der Waals surface area (Å²) in [7, 11) is 1.78. The quantitative estimate of drug-likeness (QED) is 0.737. The van der Waals surface area contributed by atoms with Gasteiger partial charge in [0, 0.05) is 13.7 Å². The average molecular weight is 263 g/mol. The van der Waals surface area contributed by atoms with Gasteiger partial charge in [-0.1, -0.05) is 43.7 Å². The molecular weight excluding hydrogens is 234 g/mol. The summed E-state index contributed by atoms with van der Waals surface area (Å²) in [6.07, 6.45) is 2.26. The van der Waals surface area contributed by atoms with Gasteiger partial charge in [0.1, 0.15) is 0 Å². The van der Waals surface area contributed by atoms with E-state index in [-0.39, 0.29) is 0 Å². The van der Waals surface area contributed by atoms with E-state index in [1.165, 1.54) is 11.1 Å². The van der Waals surface area contributed by atoms with Crippen molar-refractivity contribution in [3.05, 3.63) is 35.4 Å². The molecule has 2 heteroatoms. The summed E-state index contributed by atoms with van der Waals surface area (Å²) in [4.78, 5) is 0. The molecule has 1 rings (SSSR count). The number of hydrogen-bond donors (Lipinski definition) is 1. The molecule has 0 spiro atoms. The molecule has 2 nitrogen and oxygen atoms in total. The minimum atomic E-state index is 0.653. The van der Waals surface area contributed by atoms with Gasteiger partial charge in [-0.15, -0.1) is 0 Å². The Morgan fingerprint density at radius 3 is 2.63 bits per heavy atom. The number of nitrogens with one attached hydrogen (secondary N) is 1. The van der Waals surface area contributed by atoms with Crippen LogP contribution in [0.4, 0.5) is 0 Å². The fraction of sp³-hybridized carbons (Fsp3) is 0.647. The number of ether oxygens (including phenoxy) is 1. The van der Waals surface area contributed by atoms with Crippen molar-refractivity contribution in [2.75, 3.05) is 26.8 Å². The first kappa shape index (κ1) is 16.2. The van der Waals surface area contributed by atoms with E-state index < -0.39 is 0 Å². The zero-order valence-corrected chi connectivity index (χ0v) is 12.9. The van der Waals surface area contributed by atoms with Crippen LogP contribution in [0, 0.1) is 18.8 Å². The maximum absolute atomic E-state index is 5.23. The molecule has 0 aliphatic heterocycles. The van der Waals surface area contributed by atoms with E-state index in [4.69, 9.17) is 4.74 Å². The molecular formula is C17H29NO. The lowest BCUT2D eigenvalue weighted by Gasteiger charge is -2.18. The normalized spacial score (nSPS) is 12.9. The maximum atomic E-state index is 5.23. The molecule has 0 aromatic heterocycles. The highest BCUT2D eigenvalue weighted by Gasteiger charge is 2.10. The van der Waals surface area contributed by atoms with Gasteiger partial charge < -0.3 is 10.1 Å². The van der Waals surface area contributed by atoms with Crippen LogP contribution in [-0.2, 0) is 11.2 Å². The third kappa shape index (κ3) is 7.34. The van der Waals surface area contributed by atoms with Crippen molar-refractivity contribution in [1.29, 1.82) is 0 Å². The van der Waals surface area contributed by atoms with Crippen LogP contribution in [-0.4, -0.2) is 26.8 Å². The highest BCUT2D eigenvalue weighted by atomic mass is 16.5. The summed E-state index contributed by atoms with van der Waals surface area (Å²) in [6.45, 7) is 9.67. The smallest absolute Gasteiger partial charge is 0.0465 e. The fourth-order valence-electron chi connectivity index (χ4n) is 2.31. The van der Waals surface area contributed by atoms with Crippen LogP contribution < -0.4 is 5.32 Å². The number of methoxy groups -OCH3 is 1. The first-order chi connectivity index (χ1) is 9.11. The van der Waals surface area contributed by atoms with E-state index in [0.29, 0.717) is 11.8 Å². The van der Waals surface area contributed by atoms with E-state index in [2.05, 4.69) is 50.4 Å². The predicted octanol–water partition coefficient (Wildman–Crippen LogP) is 3.44. The standard InChI is InChI=1S/C17H29NO/c1-14(2)12-18-13-17(8-9-19-4)11-16-7-5-6-15(3)10-16/h5-7,10,14,17-18H,8-9,11-13H2,1-4H3. The molecule has 1 N–H and O–H groups in total. The van der Waals surface area contributed by atoms with Gasteiger partial charge in [-0.05, 0) is 50.3 Å². The highest BCUT2D eigenvalue weighted by molar-refractivity contribution is 5.22. The molecule has 1 atom stereocenters. The van der Waals surface area contributed by atoms with Gasteiger partial charge in [-0.2, -0.15) is 0 Å². The summed E-state index contributed by atoms with van der Waals surface area (Å²) >= 11 is 0. The molecule has 0 fully saturated rings. The van der Waals surface area contributed by atoms with Gasteiger partial charge in [-0.3, -0.25) is 0 Å². The molecule has 19 heavy (non-hydrogen) atoms. The second-order valence-electron chi connectivity index (χ2n) is 5.89. The second kappa shape index (κ2) is 9.11. The van der Waals surface area contributed by atoms with E-state index >= 15 is 0 Å². The van der Waals surface area contributed by atoms with Gasteiger partial charge in [0.05, 0.1) is 0 Å². The Kier molecular flexibility index (Phi) is 7.76. The summed E-state index contributed by atoms with van der Waals surface area (Å²) in [5, 5.41) is 3.57. The van der Waals surface area contributed by atoms with Crippen LogP contribution in [0.3, 0.4) is 0 Å². The Balaban J connectivity index is 2.48. The van der Waals surface area contributed by atoms with E-state index in [1.54, 1.807) is 7.11 Å². The monoisotopic (exact) mass is 263 g/mol. The molecule has 1 aromatic rings. The third-order valence-electron chi connectivity index (χ3n) is 3.32. The largest absolute Gasteiger partial charge is 0.385 e. The van der Waals surface area contributed by atoms with Crippen LogP contribution in [0.2, 0.25) is 0 Å². The molecule has 1 aromatic carbocycles. The van der Waals surface area contributed by atoms with Crippen molar-refractivity contribution in [1.82, 2.24) is 5.32 Å². The fourth-order valence-corrected chi connectivity index (χ4v) is 2.31. The van der Waals surface area contributed by atoms with E-state index in [9.17, 15) is 0 Å². The van der Waals surface area contributed by atoms with Crippen molar-refractivity contribution < 1.29 is 4.74 Å². The molecule has 0 aliphatic rings. The number of benzene rings is 1. The number of aryl methyl sites for hydroxylation is 1. The Hall–Kier alpha value is -0.860. The number of rotatable bonds is 9. The Morgan fingerprint density at radius 2 is 2.00 bits per heavy atom. The van der Waals surface area contributed by atoms with Crippen molar-refractivity contribution in [3.63, 3.8) is 0 Å². The molecule has 0 amide bonds. The third-order valence-corrected chi connectivity index (χ3v) is 3.32. The van der Waals surface area contributed by atoms with Crippen LogP contribution in [0.5, 0.6) is 0 Å². The van der Waals surface area contributed by atoms with Crippen molar-refractivity contribution in [2.45, 2.75) is 33.6 Å². The summed E-state index contributed by atoms with van der Waals surface area (Å²) in [6, 6.07) is 8.84. The molecule has 0 saturated heterocycles. The first-order valence-corrected chi connectivity index (χ1v) is 7.37. The lowest BCUT2D eigenvalue weighted by Crippen LogP contribution is -2.28. The average Bonchev–Trinajstić information content (AvgIpc) is 2.35. The molecule has 1 unspecified atom stereocenters. The Bertz CT molecular complexity index is 349. The lowest BCUT2D eigenvalue weighted by atomic mass is 9.95. The van der Waals surface area contributed by atoms with Crippen LogP contribution in [0.1, 0.15) is 31.4 Å². The predicted molar refractivity (Wildman–Crippen MR) is 82.6 cm³/mol. The van der Waals surface area contributed by atoms with Crippen molar-refractivity contribution in [3.8, 4) is 0 Å². The van der Waals surface area contributed by atoms with Gasteiger partial charge in [-0.25, -0.2) is 0 Å². The molecule has 0 bridgehead atoms. The summed E-state index contributed by atoms with van der Waals surface area (Å²) < 4.78 is 5.23. The van der Waals surface area contributed by atoms with Gasteiger partial charge in [0.15, 0.2) is 0 Å². The minimum absolute atomic E-state index is 0.653. The van der Waals surface area contributed by atoms with Gasteiger partial charge in [0.25, 0.3) is 0 Å². The zero-order valence-electron chi connectivity index (χ0n) is 12.9. The van der Waals surface area contributed by atoms with Crippen LogP contribution in [0.15, 0.2) is 24.3 Å². The maximum Gasteiger partial charge on any atom is 0.0465 e.